The van der Waals surface area contributed by atoms with E-state index in [0.717, 1.165) is 39.5 Å². The molecule has 7 heteroatoms. The summed E-state index contributed by atoms with van der Waals surface area (Å²) in [6, 6.07) is 11.3. The van der Waals surface area contributed by atoms with Crippen LogP contribution in [0.15, 0.2) is 53.1 Å². The number of phenols is 1. The van der Waals surface area contributed by atoms with Crippen LogP contribution in [0, 0.1) is 0 Å². The van der Waals surface area contributed by atoms with E-state index in [2.05, 4.69) is 6.08 Å². The minimum absolute atomic E-state index is 0.0634. The predicted octanol–water partition coefficient (Wildman–Crippen LogP) is 3.72. The molecule has 0 unspecified atom stereocenters. The van der Waals surface area contributed by atoms with E-state index in [0.29, 0.717) is 6.42 Å². The Kier molecular flexibility index (Phi) is 5.31. The molecule has 2 N–H and O–H groups in total. The van der Waals surface area contributed by atoms with Crippen molar-refractivity contribution in [1.29, 1.82) is 0 Å². The fourth-order valence-corrected chi connectivity index (χ4v) is 6.73. The lowest BCUT2D eigenvalue weighted by Crippen LogP contribution is -2.41. The monoisotopic (exact) mass is 412 g/mol. The molecule has 4 rings (SSSR count). The van der Waals surface area contributed by atoms with Crippen molar-refractivity contribution in [2.75, 3.05) is 5.75 Å². The number of benzene rings is 2. The van der Waals surface area contributed by atoms with Crippen LogP contribution in [0.4, 0.5) is 0 Å². The molecule has 0 amide bonds. The average molecular weight is 412 g/mol. The summed E-state index contributed by atoms with van der Waals surface area (Å²) < 4.78 is 30.5. The molecular weight excluding hydrogens is 387 g/mol. The summed E-state index contributed by atoms with van der Waals surface area (Å²) in [5.74, 6) is 0.323. The molecule has 0 spiro atoms. The largest absolute Gasteiger partial charge is 0.507 e. The summed E-state index contributed by atoms with van der Waals surface area (Å²) in [6.07, 6.45) is 3.18. The third-order valence-corrected chi connectivity index (χ3v) is 8.06. The number of aromatic hydroxyl groups is 1. The first-order chi connectivity index (χ1) is 13.8. The van der Waals surface area contributed by atoms with Gasteiger partial charge in [0.15, 0.2) is 9.84 Å². The van der Waals surface area contributed by atoms with Crippen molar-refractivity contribution in [3.05, 3.63) is 58.7 Å². The highest BCUT2D eigenvalue weighted by Crippen LogP contribution is 2.39. The Bertz CT molecular complexity index is 1120. The summed E-state index contributed by atoms with van der Waals surface area (Å²) in [7, 11) is -4.27. The number of sulfone groups is 1. The molecule has 0 saturated carbocycles. The number of hydrogen-bond acceptors (Lipinski definition) is 5. The maximum Gasteiger partial charge on any atom is 0.456 e. The van der Waals surface area contributed by atoms with Gasteiger partial charge < -0.3 is 14.8 Å². The number of allylic oxidation sites excluding steroid dienone is 1. The third-order valence-electron chi connectivity index (χ3n) is 5.91. The highest BCUT2D eigenvalue weighted by Gasteiger charge is 2.47. The number of hydrogen-bond donors (Lipinski definition) is 2. The van der Waals surface area contributed by atoms with E-state index in [1.165, 1.54) is 0 Å². The zero-order valence-electron chi connectivity index (χ0n) is 16.6. The van der Waals surface area contributed by atoms with Crippen molar-refractivity contribution in [2.45, 2.75) is 44.4 Å². The molecule has 0 aliphatic carbocycles. The van der Waals surface area contributed by atoms with Gasteiger partial charge in [0, 0.05) is 11.7 Å². The second kappa shape index (κ2) is 7.63. The Balaban J connectivity index is 1.55. The van der Waals surface area contributed by atoms with E-state index < -0.39 is 22.2 Å². The van der Waals surface area contributed by atoms with E-state index >= 15 is 0 Å². The standard InChI is InChI=1S/C22H25BO5S/c1-14(11-16-8-9-19(24)18-6-4-3-5-17(16)18)7-10-20-22-15(2)13-29(26,27)21(22)12-23(25)28-20/h3-6,8-9,11,20-21,24-25H,7,10,12-13H2,1-2H3/b14-11+/t20-,21+/m1/s1. The quantitative estimate of drug-likeness (QED) is 0.591. The number of phenolic OH excluding ortho intramolecular Hbond substituents is 1. The molecule has 29 heavy (non-hydrogen) atoms. The smallest absolute Gasteiger partial charge is 0.456 e. The minimum atomic E-state index is -3.23. The van der Waals surface area contributed by atoms with Crippen molar-refractivity contribution in [2.24, 2.45) is 0 Å². The van der Waals surface area contributed by atoms with Gasteiger partial charge >= 0.3 is 7.12 Å². The molecule has 2 aromatic carbocycles. The molecule has 2 atom stereocenters. The lowest BCUT2D eigenvalue weighted by molar-refractivity contribution is 0.170. The van der Waals surface area contributed by atoms with Gasteiger partial charge in [-0.15, -0.1) is 0 Å². The van der Waals surface area contributed by atoms with Crippen molar-refractivity contribution < 1.29 is 23.2 Å². The maximum atomic E-state index is 12.4. The van der Waals surface area contributed by atoms with Gasteiger partial charge in [-0.3, -0.25) is 0 Å². The fraction of sp³-hybridized carbons (Fsp3) is 0.364. The summed E-state index contributed by atoms with van der Waals surface area (Å²) >= 11 is 0. The molecule has 0 aromatic heterocycles. The lowest BCUT2D eigenvalue weighted by Gasteiger charge is -2.31. The van der Waals surface area contributed by atoms with Gasteiger partial charge in [0.1, 0.15) is 5.75 Å². The van der Waals surface area contributed by atoms with E-state index in [-0.39, 0.29) is 23.9 Å². The summed E-state index contributed by atoms with van der Waals surface area (Å²) in [6.45, 7) is 3.89. The van der Waals surface area contributed by atoms with E-state index in [1.54, 1.807) is 6.07 Å². The molecule has 1 fully saturated rings. The van der Waals surface area contributed by atoms with Crippen LogP contribution in [0.2, 0.25) is 6.32 Å². The van der Waals surface area contributed by atoms with Crippen LogP contribution in [0.5, 0.6) is 5.75 Å². The molecular formula is C22H25BO5S. The molecule has 0 bridgehead atoms. The second-order valence-corrected chi connectivity index (χ2v) is 10.3. The zero-order chi connectivity index (χ0) is 20.8. The van der Waals surface area contributed by atoms with Gasteiger partial charge in [-0.25, -0.2) is 8.42 Å². The third kappa shape index (κ3) is 3.87. The van der Waals surface area contributed by atoms with Crippen LogP contribution < -0.4 is 0 Å². The van der Waals surface area contributed by atoms with Crippen LogP contribution in [-0.4, -0.2) is 42.8 Å². The van der Waals surface area contributed by atoms with Crippen LogP contribution in [-0.2, 0) is 14.5 Å². The fourth-order valence-electron chi connectivity index (χ4n) is 4.56. The molecule has 2 aliphatic rings. The van der Waals surface area contributed by atoms with E-state index in [4.69, 9.17) is 4.65 Å². The lowest BCUT2D eigenvalue weighted by atomic mass is 9.75. The zero-order valence-corrected chi connectivity index (χ0v) is 17.4. The molecule has 2 aliphatic heterocycles. The van der Waals surface area contributed by atoms with E-state index in [1.807, 2.05) is 44.2 Å². The Labute approximate surface area is 171 Å². The van der Waals surface area contributed by atoms with Crippen molar-refractivity contribution >= 4 is 33.8 Å². The predicted molar refractivity (Wildman–Crippen MR) is 116 cm³/mol. The van der Waals surface area contributed by atoms with Crippen molar-refractivity contribution in [1.82, 2.24) is 0 Å². The normalized spacial score (nSPS) is 24.2. The SMILES string of the molecule is CC1=C2[C@@H](CC/C(C)=C/c3ccc(O)c4ccccc34)OB(O)C[C@@H]2S(=O)(=O)C1. The van der Waals surface area contributed by atoms with Gasteiger partial charge in [-0.1, -0.05) is 47.6 Å². The first-order valence-corrected chi connectivity index (χ1v) is 11.6. The van der Waals surface area contributed by atoms with E-state index in [9.17, 15) is 18.5 Å². The Morgan fingerprint density at radius 1 is 1.24 bits per heavy atom. The van der Waals surface area contributed by atoms with Gasteiger partial charge in [-0.05, 0) is 49.3 Å². The highest BCUT2D eigenvalue weighted by atomic mass is 32.2. The Hall–Kier alpha value is -2.09. The number of rotatable bonds is 4. The minimum Gasteiger partial charge on any atom is -0.507 e. The van der Waals surface area contributed by atoms with Crippen molar-refractivity contribution in [3.63, 3.8) is 0 Å². The summed E-state index contributed by atoms with van der Waals surface area (Å²) in [4.78, 5) is 0. The summed E-state index contributed by atoms with van der Waals surface area (Å²) in [5.41, 5.74) is 3.86. The highest BCUT2D eigenvalue weighted by molar-refractivity contribution is 7.92. The maximum absolute atomic E-state index is 12.4. The Morgan fingerprint density at radius 2 is 1.97 bits per heavy atom. The molecule has 5 nitrogen and oxygen atoms in total. The van der Waals surface area contributed by atoms with Crippen LogP contribution in [0.1, 0.15) is 32.3 Å². The molecule has 0 radical (unpaired) electrons. The second-order valence-electron chi connectivity index (χ2n) is 8.10. The topological polar surface area (TPSA) is 83.8 Å². The van der Waals surface area contributed by atoms with Crippen LogP contribution >= 0.6 is 0 Å². The average Bonchev–Trinajstić information content (AvgIpc) is 2.91. The first kappa shape index (κ1) is 20.2. The molecule has 152 valence electrons. The van der Waals surface area contributed by atoms with Crippen molar-refractivity contribution in [3.8, 4) is 5.75 Å². The van der Waals surface area contributed by atoms with Gasteiger partial charge in [0.25, 0.3) is 0 Å². The molecule has 2 heterocycles. The van der Waals surface area contributed by atoms with Crippen LogP contribution in [0.3, 0.4) is 0 Å². The van der Waals surface area contributed by atoms with Crippen LogP contribution in [0.25, 0.3) is 16.8 Å². The van der Waals surface area contributed by atoms with Gasteiger partial charge in [0.05, 0.1) is 17.1 Å². The first-order valence-electron chi connectivity index (χ1n) is 9.89. The van der Waals surface area contributed by atoms with Gasteiger partial charge in [-0.2, -0.15) is 0 Å². The summed E-state index contributed by atoms with van der Waals surface area (Å²) in [5, 5.41) is 21.3. The van der Waals surface area contributed by atoms with Gasteiger partial charge in [0.2, 0.25) is 0 Å². The number of fused-ring (bicyclic) bond motifs is 2. The molecule has 1 saturated heterocycles. The Morgan fingerprint density at radius 3 is 2.72 bits per heavy atom. The molecule has 2 aromatic rings.